The summed E-state index contributed by atoms with van der Waals surface area (Å²) in [5.74, 6) is 0.564. The fraction of sp³-hybridized carbons (Fsp3) is 0.381. The third-order valence-corrected chi connectivity index (χ3v) is 5.67. The molecule has 0 saturated heterocycles. The Labute approximate surface area is 175 Å². The molecule has 3 aromatic rings. The molecule has 1 aromatic carbocycles. The molecule has 3 N–H and O–H groups in total. The molecular formula is C21H20F3N5O2. The van der Waals surface area contributed by atoms with Gasteiger partial charge in [-0.25, -0.2) is 0 Å². The molecule has 2 aromatic heterocycles. The summed E-state index contributed by atoms with van der Waals surface area (Å²) >= 11 is 0. The highest BCUT2D eigenvalue weighted by Crippen LogP contribution is 2.43. The molecule has 10 heteroatoms. The van der Waals surface area contributed by atoms with Gasteiger partial charge in [0.1, 0.15) is 5.39 Å². The van der Waals surface area contributed by atoms with Crippen LogP contribution in [0.2, 0.25) is 0 Å². The summed E-state index contributed by atoms with van der Waals surface area (Å²) in [7, 11) is 0. The van der Waals surface area contributed by atoms with Gasteiger partial charge in [0, 0.05) is 11.9 Å². The van der Waals surface area contributed by atoms with Crippen LogP contribution in [-0.4, -0.2) is 26.0 Å². The number of H-pyrrole nitrogens is 1. The smallest absolute Gasteiger partial charge is 0.376 e. The van der Waals surface area contributed by atoms with Crippen molar-refractivity contribution in [3.8, 4) is 6.07 Å². The van der Waals surface area contributed by atoms with Crippen molar-refractivity contribution in [2.45, 2.75) is 44.0 Å². The van der Waals surface area contributed by atoms with E-state index >= 15 is 0 Å². The third kappa shape index (κ3) is 3.77. The number of aromatic nitrogens is 3. The van der Waals surface area contributed by atoms with Crippen LogP contribution in [0.5, 0.6) is 0 Å². The number of alkyl halides is 3. The summed E-state index contributed by atoms with van der Waals surface area (Å²) < 4.78 is 40.9. The number of aromatic amines is 1. The van der Waals surface area contributed by atoms with Crippen molar-refractivity contribution in [3.63, 3.8) is 0 Å². The van der Waals surface area contributed by atoms with Crippen molar-refractivity contribution in [2.75, 3.05) is 5.32 Å². The average Bonchev–Trinajstić information content (AvgIpc) is 3.48. The Bertz CT molecular complexity index is 1200. The normalized spacial score (nSPS) is 17.2. The second kappa shape index (κ2) is 7.42. The molecule has 1 saturated carbocycles. The maximum Gasteiger partial charge on any atom is 0.421 e. The molecule has 1 aliphatic carbocycles. The number of fused-ring (bicyclic) bond motifs is 1. The highest BCUT2D eigenvalue weighted by Gasteiger charge is 2.51. The molecule has 31 heavy (non-hydrogen) atoms. The van der Waals surface area contributed by atoms with Crippen LogP contribution in [0.3, 0.4) is 0 Å². The number of nitrogens with one attached hydrogen (secondary N) is 2. The summed E-state index contributed by atoms with van der Waals surface area (Å²) in [6.45, 7) is 0.692. The van der Waals surface area contributed by atoms with Gasteiger partial charge in [-0.15, -0.1) is 0 Å². The first-order valence-corrected chi connectivity index (χ1v) is 9.77. The Balaban J connectivity index is 1.71. The lowest BCUT2D eigenvalue weighted by Gasteiger charge is -2.26. The number of benzene rings is 1. The van der Waals surface area contributed by atoms with Gasteiger partial charge in [0.15, 0.2) is 11.4 Å². The second-order valence-electron chi connectivity index (χ2n) is 7.90. The lowest BCUT2D eigenvalue weighted by atomic mass is 9.95. The maximum absolute atomic E-state index is 13.1. The summed E-state index contributed by atoms with van der Waals surface area (Å²) in [5, 5.41) is 26.9. The number of rotatable bonds is 6. The fourth-order valence-electron chi connectivity index (χ4n) is 3.65. The third-order valence-electron chi connectivity index (χ3n) is 5.67. The SMILES string of the molecule is CC(O)(c1ccc(Nc2nn([C@@H](CC#N)C3CC3)c3cc[nH]c(=O)c23)cc1)C(F)(F)F. The number of pyridine rings is 1. The van der Waals surface area contributed by atoms with Gasteiger partial charge < -0.3 is 15.4 Å². The first kappa shape index (κ1) is 20.9. The van der Waals surface area contributed by atoms with E-state index in [-0.39, 0.29) is 29.4 Å². The van der Waals surface area contributed by atoms with Crippen molar-refractivity contribution in [1.29, 1.82) is 5.26 Å². The predicted molar refractivity (Wildman–Crippen MR) is 108 cm³/mol. The van der Waals surface area contributed by atoms with E-state index < -0.39 is 11.8 Å². The van der Waals surface area contributed by atoms with Crippen LogP contribution in [0.4, 0.5) is 24.7 Å². The van der Waals surface area contributed by atoms with Crippen molar-refractivity contribution in [2.24, 2.45) is 5.92 Å². The zero-order valence-electron chi connectivity index (χ0n) is 16.6. The quantitative estimate of drug-likeness (QED) is 0.545. The van der Waals surface area contributed by atoms with Gasteiger partial charge >= 0.3 is 6.18 Å². The van der Waals surface area contributed by atoms with E-state index in [0.717, 1.165) is 12.8 Å². The average molecular weight is 431 g/mol. The zero-order chi connectivity index (χ0) is 22.4. The molecule has 1 aliphatic rings. The lowest BCUT2D eigenvalue weighted by molar-refractivity contribution is -0.258. The van der Waals surface area contributed by atoms with Crippen molar-refractivity contribution < 1.29 is 18.3 Å². The number of anilines is 2. The summed E-state index contributed by atoms with van der Waals surface area (Å²) in [4.78, 5) is 15.1. The minimum atomic E-state index is -4.82. The molecule has 0 aliphatic heterocycles. The van der Waals surface area contributed by atoms with Crippen molar-refractivity contribution in [1.82, 2.24) is 14.8 Å². The van der Waals surface area contributed by atoms with Gasteiger partial charge in [-0.2, -0.15) is 23.5 Å². The van der Waals surface area contributed by atoms with Gasteiger partial charge in [-0.3, -0.25) is 9.48 Å². The van der Waals surface area contributed by atoms with E-state index in [9.17, 15) is 28.3 Å². The molecule has 1 unspecified atom stereocenters. The molecule has 4 rings (SSSR count). The second-order valence-corrected chi connectivity index (χ2v) is 7.90. The molecule has 7 nitrogen and oxygen atoms in total. The number of hydrogen-bond acceptors (Lipinski definition) is 5. The van der Waals surface area contributed by atoms with Crippen molar-refractivity contribution in [3.05, 3.63) is 52.4 Å². The van der Waals surface area contributed by atoms with Crippen LogP contribution in [0.15, 0.2) is 41.3 Å². The molecule has 0 spiro atoms. The zero-order valence-corrected chi connectivity index (χ0v) is 16.6. The van der Waals surface area contributed by atoms with E-state index in [2.05, 4.69) is 21.5 Å². The van der Waals surface area contributed by atoms with Crippen LogP contribution in [0.1, 0.15) is 37.8 Å². The summed E-state index contributed by atoms with van der Waals surface area (Å²) in [5.41, 5.74) is -2.67. The molecule has 0 radical (unpaired) electrons. The maximum atomic E-state index is 13.1. The topological polar surface area (TPSA) is 107 Å². The van der Waals surface area contributed by atoms with Crippen LogP contribution < -0.4 is 10.9 Å². The first-order chi connectivity index (χ1) is 14.6. The van der Waals surface area contributed by atoms with E-state index in [4.69, 9.17) is 0 Å². The largest absolute Gasteiger partial charge is 0.421 e. The lowest BCUT2D eigenvalue weighted by Crippen LogP contribution is -2.39. The Morgan fingerprint density at radius 2 is 2.00 bits per heavy atom. The molecule has 0 bridgehead atoms. The van der Waals surface area contributed by atoms with E-state index in [1.165, 1.54) is 30.5 Å². The fourth-order valence-corrected chi connectivity index (χ4v) is 3.65. The number of hydrogen-bond donors (Lipinski definition) is 3. The van der Waals surface area contributed by atoms with Crippen LogP contribution in [0, 0.1) is 17.2 Å². The monoisotopic (exact) mass is 431 g/mol. The van der Waals surface area contributed by atoms with Gasteiger partial charge in [-0.1, -0.05) is 12.1 Å². The summed E-state index contributed by atoms with van der Waals surface area (Å²) in [6, 6.07) is 8.83. The number of nitriles is 1. The van der Waals surface area contributed by atoms with E-state index in [0.29, 0.717) is 29.4 Å². The Kier molecular flexibility index (Phi) is 5.01. The summed E-state index contributed by atoms with van der Waals surface area (Å²) in [6.07, 6.45) is -1.07. The van der Waals surface area contributed by atoms with Crippen LogP contribution >= 0.6 is 0 Å². The van der Waals surface area contributed by atoms with Gasteiger partial charge in [0.05, 0.1) is 24.0 Å². The first-order valence-electron chi connectivity index (χ1n) is 9.77. The standard InChI is InChI=1S/C21H20F3N5O2/c1-20(31,21(22,23)24)13-4-6-14(7-5-13)27-18-17-16(9-11-26-19(17)30)29(28-18)15(8-10-25)12-2-3-12/h4-7,9,11-12,15,31H,2-3,8H2,1H3,(H,26,30)(H,27,28)/t15-,20?/m0/s1. The number of halogens is 3. The van der Waals surface area contributed by atoms with Crippen molar-refractivity contribution >= 4 is 22.4 Å². The minimum Gasteiger partial charge on any atom is -0.376 e. The predicted octanol–water partition coefficient (Wildman–Crippen LogP) is 4.10. The van der Waals surface area contributed by atoms with Gasteiger partial charge in [0.2, 0.25) is 0 Å². The highest BCUT2D eigenvalue weighted by molar-refractivity contribution is 5.91. The number of aliphatic hydroxyl groups is 1. The van der Waals surface area contributed by atoms with Crippen LogP contribution in [0.25, 0.3) is 10.9 Å². The van der Waals surface area contributed by atoms with Crippen LogP contribution in [-0.2, 0) is 5.60 Å². The van der Waals surface area contributed by atoms with Gasteiger partial charge in [0.25, 0.3) is 5.56 Å². The Hall–Kier alpha value is -3.32. The molecule has 2 heterocycles. The highest BCUT2D eigenvalue weighted by atomic mass is 19.4. The van der Waals surface area contributed by atoms with E-state index in [1.807, 2.05) is 0 Å². The Morgan fingerprint density at radius 3 is 2.58 bits per heavy atom. The van der Waals surface area contributed by atoms with Gasteiger partial charge in [-0.05, 0) is 49.4 Å². The molecule has 2 atom stereocenters. The molecule has 162 valence electrons. The minimum absolute atomic E-state index is 0.158. The molecule has 0 amide bonds. The number of nitrogens with zero attached hydrogens (tertiary/aromatic N) is 3. The Morgan fingerprint density at radius 1 is 1.32 bits per heavy atom. The van der Waals surface area contributed by atoms with E-state index in [1.54, 1.807) is 10.7 Å². The molecule has 1 fully saturated rings. The molecular weight excluding hydrogens is 411 g/mol.